The molecule has 9 heteroatoms. The Labute approximate surface area is 201 Å². The molecule has 0 spiro atoms. The molecular formula is C26H24F3NO4S. The van der Waals surface area contributed by atoms with Crippen molar-refractivity contribution in [2.24, 2.45) is 11.7 Å². The van der Waals surface area contributed by atoms with Crippen LogP contribution in [0.25, 0.3) is 0 Å². The van der Waals surface area contributed by atoms with Crippen LogP contribution >= 0.6 is 0 Å². The predicted octanol–water partition coefficient (Wildman–Crippen LogP) is 4.29. The summed E-state index contributed by atoms with van der Waals surface area (Å²) in [6, 6.07) is 17.4. The molecule has 184 valence electrons. The van der Waals surface area contributed by atoms with E-state index < -0.39 is 39.0 Å². The van der Waals surface area contributed by atoms with Crippen LogP contribution in [0.3, 0.4) is 0 Å². The first-order valence-electron chi connectivity index (χ1n) is 11.0. The lowest BCUT2D eigenvalue weighted by atomic mass is 9.83. The van der Waals surface area contributed by atoms with E-state index in [9.17, 15) is 31.5 Å². The Balaban J connectivity index is 1.66. The van der Waals surface area contributed by atoms with Crippen LogP contribution in [0.5, 0.6) is 0 Å². The highest BCUT2D eigenvalue weighted by atomic mass is 32.2. The van der Waals surface area contributed by atoms with Gasteiger partial charge in [0, 0.05) is 0 Å². The minimum atomic E-state index is -5.00. The molecular weight excluding hydrogens is 479 g/mol. The first kappa shape index (κ1) is 24.9. The van der Waals surface area contributed by atoms with Crippen LogP contribution in [-0.2, 0) is 20.2 Å². The van der Waals surface area contributed by atoms with Gasteiger partial charge in [0.25, 0.3) is 0 Å². The van der Waals surface area contributed by atoms with Crippen LogP contribution in [0.15, 0.2) is 83.8 Å². The molecule has 0 heterocycles. The second-order valence-electron chi connectivity index (χ2n) is 8.83. The van der Waals surface area contributed by atoms with Crippen LogP contribution in [0.1, 0.15) is 41.0 Å². The summed E-state index contributed by atoms with van der Waals surface area (Å²) in [5.74, 6) is -1.50. The van der Waals surface area contributed by atoms with Crippen molar-refractivity contribution in [1.82, 2.24) is 0 Å². The number of aliphatic hydroxyl groups is 1. The summed E-state index contributed by atoms with van der Waals surface area (Å²) in [5, 5.41) is 10.7. The van der Waals surface area contributed by atoms with Gasteiger partial charge in [-0.1, -0.05) is 66.7 Å². The van der Waals surface area contributed by atoms with Crippen LogP contribution < -0.4 is 5.73 Å². The molecule has 1 aliphatic carbocycles. The van der Waals surface area contributed by atoms with Crippen molar-refractivity contribution < 1.29 is 31.5 Å². The van der Waals surface area contributed by atoms with E-state index in [0.29, 0.717) is 11.1 Å². The number of sulfone groups is 1. The zero-order chi connectivity index (χ0) is 25.4. The van der Waals surface area contributed by atoms with Gasteiger partial charge in [0.1, 0.15) is 0 Å². The van der Waals surface area contributed by atoms with E-state index in [-0.39, 0.29) is 22.1 Å². The fraction of sp³-hybridized carbons (Fsp3) is 0.269. The monoisotopic (exact) mass is 503 g/mol. The normalized spacial score (nSPS) is 16.9. The van der Waals surface area contributed by atoms with Crippen molar-refractivity contribution in [3.05, 3.63) is 101 Å². The fourth-order valence-corrected chi connectivity index (χ4v) is 5.87. The van der Waals surface area contributed by atoms with Crippen molar-refractivity contribution in [3.63, 3.8) is 0 Å². The largest absolute Gasteiger partial charge is 0.425 e. The number of rotatable bonds is 8. The Bertz CT molecular complexity index is 1300. The van der Waals surface area contributed by atoms with Crippen LogP contribution in [0.4, 0.5) is 13.2 Å². The molecule has 3 aromatic rings. The summed E-state index contributed by atoms with van der Waals surface area (Å²) in [6.45, 7) is 0. The Kier molecular flexibility index (Phi) is 6.50. The van der Waals surface area contributed by atoms with Gasteiger partial charge in [-0.05, 0) is 53.1 Å². The second-order valence-corrected chi connectivity index (χ2v) is 10.9. The SMILES string of the molecule is NC(=O)C(c1ccc(C(O)(c2ccccc2)C(F)(F)F)cc1)c1ccc(S(=O)(=O)CC2CC2)cc1. The summed E-state index contributed by atoms with van der Waals surface area (Å²) in [6.07, 6.45) is -3.21. The Morgan fingerprint density at radius 1 is 0.886 bits per heavy atom. The molecule has 1 amide bonds. The Morgan fingerprint density at radius 2 is 1.37 bits per heavy atom. The van der Waals surface area contributed by atoms with Crippen molar-refractivity contribution >= 4 is 15.7 Å². The van der Waals surface area contributed by atoms with Gasteiger partial charge >= 0.3 is 6.18 Å². The Hall–Kier alpha value is -3.17. The minimum Gasteiger partial charge on any atom is -0.372 e. The molecule has 3 N–H and O–H groups in total. The van der Waals surface area contributed by atoms with Crippen LogP contribution in [-0.4, -0.2) is 31.4 Å². The lowest BCUT2D eigenvalue weighted by Gasteiger charge is -2.31. The number of carbonyl (C=O) groups excluding carboxylic acids is 1. The highest BCUT2D eigenvalue weighted by Gasteiger charge is 2.56. The average Bonchev–Trinajstić information content (AvgIpc) is 3.62. The topological polar surface area (TPSA) is 97.5 Å². The molecule has 35 heavy (non-hydrogen) atoms. The summed E-state index contributed by atoms with van der Waals surface area (Å²) >= 11 is 0. The van der Waals surface area contributed by atoms with Gasteiger partial charge in [-0.15, -0.1) is 0 Å². The van der Waals surface area contributed by atoms with Gasteiger partial charge in [-0.25, -0.2) is 8.42 Å². The summed E-state index contributed by atoms with van der Waals surface area (Å²) < 4.78 is 66.9. The number of benzene rings is 3. The number of carbonyl (C=O) groups is 1. The molecule has 0 saturated heterocycles. The van der Waals surface area contributed by atoms with Gasteiger partial charge < -0.3 is 10.8 Å². The molecule has 1 aliphatic rings. The second kappa shape index (κ2) is 9.13. The molecule has 1 fully saturated rings. The molecule has 0 aliphatic heterocycles. The van der Waals surface area contributed by atoms with E-state index in [1.165, 1.54) is 60.7 Å². The first-order valence-corrected chi connectivity index (χ1v) is 12.7. The third kappa shape index (κ3) is 4.97. The van der Waals surface area contributed by atoms with Crippen LogP contribution in [0.2, 0.25) is 0 Å². The van der Waals surface area contributed by atoms with Crippen molar-refractivity contribution in [1.29, 1.82) is 0 Å². The number of nitrogens with two attached hydrogens (primary N) is 1. The van der Waals surface area contributed by atoms with E-state index in [0.717, 1.165) is 25.0 Å². The maximum atomic E-state index is 14.0. The molecule has 5 nitrogen and oxygen atoms in total. The number of hydrogen-bond acceptors (Lipinski definition) is 4. The van der Waals surface area contributed by atoms with Gasteiger partial charge in [-0.3, -0.25) is 4.79 Å². The molecule has 2 atom stereocenters. The van der Waals surface area contributed by atoms with Gasteiger partial charge in [0.05, 0.1) is 16.6 Å². The highest BCUT2D eigenvalue weighted by molar-refractivity contribution is 7.91. The standard InChI is InChI=1S/C26H24F3NO4S/c27-26(28,29)25(32,20-4-2-1-3-5-20)21-12-8-18(9-13-21)23(24(30)31)19-10-14-22(15-11-19)35(33,34)16-17-6-7-17/h1-5,8-15,17,23,32H,6-7,16H2,(H2,30,31). The average molecular weight is 504 g/mol. The molecule has 0 radical (unpaired) electrons. The summed E-state index contributed by atoms with van der Waals surface area (Å²) in [7, 11) is -3.44. The third-order valence-corrected chi connectivity index (χ3v) is 8.17. The zero-order valence-corrected chi connectivity index (χ0v) is 19.4. The molecule has 4 rings (SSSR count). The molecule has 1 saturated carbocycles. The number of halogens is 3. The number of primary amides is 1. The van der Waals surface area contributed by atoms with Gasteiger partial charge in [0.2, 0.25) is 11.5 Å². The quantitative estimate of drug-likeness (QED) is 0.479. The summed E-state index contributed by atoms with van der Waals surface area (Å²) in [5.41, 5.74) is 2.32. The van der Waals surface area contributed by atoms with Crippen LogP contribution in [0, 0.1) is 5.92 Å². The first-order chi connectivity index (χ1) is 16.4. The molecule has 0 aromatic heterocycles. The van der Waals surface area contributed by atoms with E-state index in [1.54, 1.807) is 6.07 Å². The van der Waals surface area contributed by atoms with Gasteiger partial charge in [0.15, 0.2) is 9.84 Å². The minimum absolute atomic E-state index is 0.0799. The van der Waals surface area contributed by atoms with E-state index in [4.69, 9.17) is 5.73 Å². The van der Waals surface area contributed by atoms with Crippen molar-refractivity contribution in [2.45, 2.75) is 35.4 Å². The highest BCUT2D eigenvalue weighted by Crippen LogP contribution is 2.44. The predicted molar refractivity (Wildman–Crippen MR) is 124 cm³/mol. The molecule has 2 unspecified atom stereocenters. The molecule has 3 aromatic carbocycles. The van der Waals surface area contributed by atoms with E-state index >= 15 is 0 Å². The van der Waals surface area contributed by atoms with Crippen molar-refractivity contribution in [3.8, 4) is 0 Å². The lowest BCUT2D eigenvalue weighted by molar-refractivity contribution is -0.248. The maximum Gasteiger partial charge on any atom is 0.425 e. The fourth-order valence-electron chi connectivity index (χ4n) is 4.17. The van der Waals surface area contributed by atoms with E-state index in [2.05, 4.69) is 0 Å². The number of alkyl halides is 3. The Morgan fingerprint density at radius 3 is 1.83 bits per heavy atom. The number of amides is 1. The third-order valence-electron chi connectivity index (χ3n) is 6.27. The molecule has 0 bridgehead atoms. The lowest BCUT2D eigenvalue weighted by Crippen LogP contribution is -2.43. The maximum absolute atomic E-state index is 14.0. The zero-order valence-electron chi connectivity index (χ0n) is 18.6. The van der Waals surface area contributed by atoms with Crippen molar-refractivity contribution in [2.75, 3.05) is 5.75 Å². The summed E-state index contributed by atoms with van der Waals surface area (Å²) in [4.78, 5) is 12.4. The number of hydrogen-bond donors (Lipinski definition) is 2. The smallest absolute Gasteiger partial charge is 0.372 e. The van der Waals surface area contributed by atoms with Gasteiger partial charge in [-0.2, -0.15) is 13.2 Å². The van der Waals surface area contributed by atoms with E-state index in [1.807, 2.05) is 0 Å².